The molecule has 3 aromatic rings. The lowest BCUT2D eigenvalue weighted by Gasteiger charge is -2.33. The van der Waals surface area contributed by atoms with E-state index in [0.717, 1.165) is 23.1 Å². The summed E-state index contributed by atoms with van der Waals surface area (Å²) < 4.78 is 68.8. The van der Waals surface area contributed by atoms with Gasteiger partial charge in [0, 0.05) is 28.2 Å². The van der Waals surface area contributed by atoms with Crippen molar-refractivity contribution in [1.29, 1.82) is 0 Å². The number of rotatable bonds is 11. The molecule has 2 atom stereocenters. The normalized spacial score (nSPS) is 13.2. The van der Waals surface area contributed by atoms with Crippen molar-refractivity contribution < 1.29 is 31.2 Å². The SMILES string of the molecule is CC[C@H](C)NC(=O)[C@H](C)N(Cc1c(Cl)cccc1Cl)C(=O)CN(c1cccc(C(F)(F)F)c1)S(=O)(=O)c1ccccc1. The fourth-order valence-electron chi connectivity index (χ4n) is 3.99. The molecule has 1 N–H and O–H groups in total. The van der Waals surface area contributed by atoms with Crippen LogP contribution in [-0.4, -0.2) is 43.8 Å². The van der Waals surface area contributed by atoms with Crippen molar-refractivity contribution in [3.05, 3.63) is 94.0 Å². The first kappa shape index (κ1) is 33.2. The van der Waals surface area contributed by atoms with E-state index in [1.165, 1.54) is 31.2 Å². The average Bonchev–Trinajstić information content (AvgIpc) is 2.95. The van der Waals surface area contributed by atoms with Crippen LogP contribution < -0.4 is 9.62 Å². The van der Waals surface area contributed by atoms with Gasteiger partial charge in [-0.15, -0.1) is 0 Å². The summed E-state index contributed by atoms with van der Waals surface area (Å²) >= 11 is 12.7. The number of benzene rings is 3. The summed E-state index contributed by atoms with van der Waals surface area (Å²) in [4.78, 5) is 27.9. The molecule has 0 saturated heterocycles. The van der Waals surface area contributed by atoms with Crippen LogP contribution in [0, 0.1) is 0 Å². The van der Waals surface area contributed by atoms with Crippen LogP contribution in [0.5, 0.6) is 0 Å². The third-order valence-electron chi connectivity index (χ3n) is 6.63. The van der Waals surface area contributed by atoms with Gasteiger partial charge in [0.2, 0.25) is 11.8 Å². The average molecular weight is 645 g/mol. The molecular weight excluding hydrogens is 614 g/mol. The van der Waals surface area contributed by atoms with Crippen molar-refractivity contribution in [2.75, 3.05) is 10.8 Å². The third kappa shape index (κ3) is 7.96. The lowest BCUT2D eigenvalue weighted by Crippen LogP contribution is -2.52. The largest absolute Gasteiger partial charge is 0.416 e. The summed E-state index contributed by atoms with van der Waals surface area (Å²) in [6.45, 7) is 3.92. The first-order valence-corrected chi connectivity index (χ1v) is 15.1. The molecule has 7 nitrogen and oxygen atoms in total. The minimum absolute atomic E-state index is 0.210. The van der Waals surface area contributed by atoms with Crippen LogP contribution in [0.25, 0.3) is 0 Å². The smallest absolute Gasteiger partial charge is 0.352 e. The number of sulfonamides is 1. The number of anilines is 1. The first-order chi connectivity index (χ1) is 19.7. The van der Waals surface area contributed by atoms with E-state index < -0.39 is 46.2 Å². The topological polar surface area (TPSA) is 86.8 Å². The molecule has 0 radical (unpaired) electrons. The molecule has 13 heteroatoms. The first-order valence-electron chi connectivity index (χ1n) is 12.9. The molecule has 42 heavy (non-hydrogen) atoms. The number of halogens is 5. The summed E-state index contributed by atoms with van der Waals surface area (Å²) in [5.74, 6) is -1.38. The Morgan fingerprint density at radius 3 is 2.10 bits per heavy atom. The van der Waals surface area contributed by atoms with Crippen molar-refractivity contribution in [2.24, 2.45) is 0 Å². The second-order valence-electron chi connectivity index (χ2n) is 9.59. The fraction of sp³-hybridized carbons (Fsp3) is 0.310. The highest BCUT2D eigenvalue weighted by atomic mass is 35.5. The lowest BCUT2D eigenvalue weighted by molar-refractivity contribution is -0.139. The fourth-order valence-corrected chi connectivity index (χ4v) is 5.93. The Bertz CT molecular complexity index is 1500. The molecule has 0 unspecified atom stereocenters. The highest BCUT2D eigenvalue weighted by Crippen LogP contribution is 2.34. The van der Waals surface area contributed by atoms with Crippen molar-refractivity contribution in [1.82, 2.24) is 10.2 Å². The van der Waals surface area contributed by atoms with E-state index in [1.807, 2.05) is 6.92 Å². The Balaban J connectivity index is 2.11. The van der Waals surface area contributed by atoms with Crippen LogP contribution in [0.15, 0.2) is 77.7 Å². The molecular formula is C29H30Cl2F3N3O4S. The van der Waals surface area contributed by atoms with Crippen LogP contribution in [-0.2, 0) is 32.3 Å². The number of nitrogens with zero attached hydrogens (tertiary/aromatic N) is 2. The summed E-state index contributed by atoms with van der Waals surface area (Å²) in [7, 11) is -4.54. The van der Waals surface area contributed by atoms with E-state index in [1.54, 1.807) is 31.2 Å². The standard InChI is InChI=1S/C29H30Cl2F3N3O4S/c1-4-19(2)35-28(39)20(3)36(17-24-25(30)14-9-15-26(24)31)27(38)18-37(42(40,41)23-12-6-5-7-13-23)22-11-8-10-21(16-22)29(32,33)34/h5-16,19-20H,4,17-18H2,1-3H3,(H,35,39)/t19-,20-/m0/s1. The van der Waals surface area contributed by atoms with Crippen LogP contribution in [0.4, 0.5) is 18.9 Å². The van der Waals surface area contributed by atoms with Gasteiger partial charge in [-0.25, -0.2) is 8.42 Å². The van der Waals surface area contributed by atoms with Gasteiger partial charge in [0.25, 0.3) is 10.0 Å². The molecule has 0 saturated carbocycles. The molecule has 0 spiro atoms. The number of nitrogens with one attached hydrogen (secondary N) is 1. The molecule has 0 aliphatic rings. The van der Waals surface area contributed by atoms with Gasteiger partial charge in [-0.2, -0.15) is 13.2 Å². The van der Waals surface area contributed by atoms with Gasteiger partial charge < -0.3 is 10.2 Å². The van der Waals surface area contributed by atoms with E-state index in [4.69, 9.17) is 23.2 Å². The van der Waals surface area contributed by atoms with Gasteiger partial charge >= 0.3 is 6.18 Å². The zero-order chi connectivity index (χ0) is 31.2. The number of carbonyl (C=O) groups is 2. The van der Waals surface area contributed by atoms with Crippen molar-refractivity contribution in [3.8, 4) is 0 Å². The van der Waals surface area contributed by atoms with Gasteiger partial charge in [-0.3, -0.25) is 13.9 Å². The van der Waals surface area contributed by atoms with E-state index >= 15 is 0 Å². The zero-order valence-electron chi connectivity index (χ0n) is 23.0. The van der Waals surface area contributed by atoms with Gasteiger partial charge in [-0.05, 0) is 62.7 Å². The summed E-state index contributed by atoms with van der Waals surface area (Å²) in [5.41, 5.74) is -1.16. The van der Waals surface area contributed by atoms with Crippen molar-refractivity contribution in [2.45, 2.75) is 56.9 Å². The monoisotopic (exact) mass is 643 g/mol. The van der Waals surface area contributed by atoms with Gasteiger partial charge in [0.15, 0.2) is 0 Å². The zero-order valence-corrected chi connectivity index (χ0v) is 25.4. The molecule has 0 aliphatic carbocycles. The maximum absolute atomic E-state index is 13.9. The van der Waals surface area contributed by atoms with E-state index in [0.29, 0.717) is 22.4 Å². The van der Waals surface area contributed by atoms with Crippen LogP contribution in [0.3, 0.4) is 0 Å². The summed E-state index contributed by atoms with van der Waals surface area (Å²) in [5, 5.41) is 3.21. The number of hydrogen-bond acceptors (Lipinski definition) is 4. The van der Waals surface area contributed by atoms with Gasteiger partial charge in [0.1, 0.15) is 12.6 Å². The minimum atomic E-state index is -4.77. The molecule has 0 aliphatic heterocycles. The Morgan fingerprint density at radius 2 is 1.52 bits per heavy atom. The van der Waals surface area contributed by atoms with E-state index in [-0.39, 0.29) is 33.2 Å². The lowest BCUT2D eigenvalue weighted by atomic mass is 10.1. The van der Waals surface area contributed by atoms with Crippen LogP contribution in [0.2, 0.25) is 10.0 Å². The number of alkyl halides is 3. The Hall–Kier alpha value is -3.28. The van der Waals surface area contributed by atoms with Gasteiger partial charge in [0.05, 0.1) is 16.1 Å². The number of carbonyl (C=O) groups excluding carboxylic acids is 2. The second-order valence-corrected chi connectivity index (χ2v) is 12.3. The van der Waals surface area contributed by atoms with Crippen LogP contribution in [0.1, 0.15) is 38.3 Å². The maximum atomic E-state index is 13.9. The van der Waals surface area contributed by atoms with Gasteiger partial charge in [-0.1, -0.05) is 60.5 Å². The molecule has 3 aromatic carbocycles. The molecule has 2 amide bonds. The van der Waals surface area contributed by atoms with E-state index in [9.17, 15) is 31.2 Å². The predicted molar refractivity (Wildman–Crippen MR) is 157 cm³/mol. The van der Waals surface area contributed by atoms with Crippen molar-refractivity contribution >= 4 is 50.7 Å². The number of amides is 2. The minimum Gasteiger partial charge on any atom is -0.352 e. The Morgan fingerprint density at radius 1 is 0.929 bits per heavy atom. The van der Waals surface area contributed by atoms with E-state index in [2.05, 4.69) is 5.32 Å². The quantitative estimate of drug-likeness (QED) is 0.257. The molecule has 0 heterocycles. The molecule has 0 aromatic heterocycles. The van der Waals surface area contributed by atoms with Crippen molar-refractivity contribution in [3.63, 3.8) is 0 Å². The predicted octanol–water partition coefficient (Wildman–Crippen LogP) is 6.54. The Kier molecular flexibility index (Phi) is 10.9. The van der Waals surface area contributed by atoms with Crippen LogP contribution >= 0.6 is 23.2 Å². The molecule has 226 valence electrons. The molecule has 0 bridgehead atoms. The Labute approximate surface area is 253 Å². The molecule has 0 fully saturated rings. The molecule has 3 rings (SSSR count). The summed E-state index contributed by atoms with van der Waals surface area (Å²) in [6, 6.07) is 14.0. The highest BCUT2D eigenvalue weighted by molar-refractivity contribution is 7.92. The second kappa shape index (κ2) is 13.8. The number of hydrogen-bond donors (Lipinski definition) is 1. The third-order valence-corrected chi connectivity index (χ3v) is 9.13. The highest BCUT2D eigenvalue weighted by Gasteiger charge is 2.35. The summed E-state index contributed by atoms with van der Waals surface area (Å²) in [6.07, 6.45) is -4.15. The maximum Gasteiger partial charge on any atom is 0.416 e.